The summed E-state index contributed by atoms with van der Waals surface area (Å²) in [6.45, 7) is -0.711. The van der Waals surface area contributed by atoms with Gasteiger partial charge in [-0.05, 0) is 6.07 Å². The molecule has 1 saturated heterocycles. The number of nitrogens with two attached hydrogens (primary N) is 1. The number of anilines is 1. The van der Waals surface area contributed by atoms with Gasteiger partial charge in [-0.3, -0.25) is 12.9 Å². The van der Waals surface area contributed by atoms with Crippen molar-refractivity contribution in [3.63, 3.8) is 0 Å². The molecular weight excluding hydrogens is 382 g/mol. The largest absolute Gasteiger partial charge is 0.394 e. The lowest BCUT2D eigenvalue weighted by molar-refractivity contribution is -0.0503. The lowest BCUT2D eigenvalue weighted by atomic mass is 10.1. The molecule has 0 aromatic carbocycles. The number of aromatic nitrogens is 2. The molecule has 0 aliphatic carbocycles. The summed E-state index contributed by atoms with van der Waals surface area (Å²) in [6, 6.07) is 1.25. The normalized spacial score (nSPS) is 27.5. The van der Waals surface area contributed by atoms with Crippen LogP contribution < -0.4 is 11.4 Å². The molecule has 1 aliphatic rings. The molecule has 142 valence electrons. The number of nitrogen functional groups attached to an aromatic ring is 1. The summed E-state index contributed by atoms with van der Waals surface area (Å²) < 4.78 is 61.9. The molecule has 4 atom stereocenters. The van der Waals surface area contributed by atoms with E-state index in [1.54, 1.807) is 0 Å². The van der Waals surface area contributed by atoms with Gasteiger partial charge in [0, 0.05) is 6.20 Å². The Morgan fingerprint density at radius 3 is 2.28 bits per heavy atom. The molecule has 3 N–H and O–H groups in total. The van der Waals surface area contributed by atoms with E-state index in [4.69, 9.17) is 18.8 Å². The van der Waals surface area contributed by atoms with Crippen LogP contribution in [0.2, 0.25) is 0 Å². The fraction of sp³-hybridized carbons (Fsp3) is 0.636. The number of hydrogen-bond acceptors (Lipinski definition) is 11. The van der Waals surface area contributed by atoms with E-state index in [1.807, 2.05) is 0 Å². The van der Waals surface area contributed by atoms with Crippen molar-refractivity contribution in [3.8, 4) is 0 Å². The molecule has 25 heavy (non-hydrogen) atoms. The Labute approximate surface area is 143 Å². The maximum Gasteiger partial charge on any atom is 0.351 e. The first kappa shape index (κ1) is 19.7. The van der Waals surface area contributed by atoms with Gasteiger partial charge in [-0.25, -0.2) is 4.79 Å². The maximum atomic E-state index is 12.0. The number of aliphatic hydroxyl groups is 1. The first-order valence-corrected chi connectivity index (χ1v) is 10.4. The lowest BCUT2D eigenvalue weighted by Crippen LogP contribution is -2.41. The third-order valence-electron chi connectivity index (χ3n) is 3.16. The van der Waals surface area contributed by atoms with Crippen molar-refractivity contribution in [3.05, 3.63) is 22.7 Å². The molecule has 1 aromatic rings. The van der Waals surface area contributed by atoms with Gasteiger partial charge < -0.3 is 15.6 Å². The van der Waals surface area contributed by atoms with Gasteiger partial charge in [-0.1, -0.05) is 0 Å². The van der Waals surface area contributed by atoms with Gasteiger partial charge >= 0.3 is 5.69 Å². The Balaban J connectivity index is 2.51. The molecule has 2 rings (SSSR count). The Kier molecular flexibility index (Phi) is 5.50. The molecule has 1 aromatic heterocycles. The summed E-state index contributed by atoms with van der Waals surface area (Å²) in [7, 11) is -8.14. The van der Waals surface area contributed by atoms with E-state index in [2.05, 4.69) is 4.98 Å². The Morgan fingerprint density at radius 1 is 1.24 bits per heavy atom. The molecule has 0 radical (unpaired) electrons. The summed E-state index contributed by atoms with van der Waals surface area (Å²) in [6.07, 6.45) is -3.11. The zero-order valence-electron chi connectivity index (χ0n) is 13.2. The Bertz CT molecular complexity index is 896. The van der Waals surface area contributed by atoms with Crippen molar-refractivity contribution in [2.75, 3.05) is 24.9 Å². The fourth-order valence-electron chi connectivity index (χ4n) is 2.32. The number of rotatable bonds is 6. The van der Waals surface area contributed by atoms with Crippen LogP contribution in [-0.2, 0) is 33.3 Å². The molecule has 1 fully saturated rings. The highest BCUT2D eigenvalue weighted by Gasteiger charge is 2.50. The molecule has 0 saturated carbocycles. The number of nitrogens with zero attached hydrogens (tertiary/aromatic N) is 2. The van der Waals surface area contributed by atoms with Crippen molar-refractivity contribution < 1.29 is 35.0 Å². The number of hydrogen-bond donors (Lipinski definition) is 2. The van der Waals surface area contributed by atoms with Crippen molar-refractivity contribution >= 4 is 26.1 Å². The molecular formula is C11H17N3O9S2. The van der Waals surface area contributed by atoms with Crippen LogP contribution in [0.1, 0.15) is 6.23 Å². The second-order valence-corrected chi connectivity index (χ2v) is 8.52. The van der Waals surface area contributed by atoms with Gasteiger partial charge in [-0.15, -0.1) is 0 Å². The third kappa shape index (κ3) is 4.96. The highest BCUT2D eigenvalue weighted by molar-refractivity contribution is 7.86. The lowest BCUT2D eigenvalue weighted by Gasteiger charge is -2.22. The summed E-state index contributed by atoms with van der Waals surface area (Å²) in [5.41, 5.74) is 4.50. The topological polar surface area (TPSA) is 177 Å². The van der Waals surface area contributed by atoms with Crippen molar-refractivity contribution in [1.82, 2.24) is 9.55 Å². The van der Waals surface area contributed by atoms with E-state index < -0.39 is 57.1 Å². The molecule has 0 unspecified atom stereocenters. The second-order valence-electron chi connectivity index (χ2n) is 5.32. The van der Waals surface area contributed by atoms with Gasteiger partial charge in [0.1, 0.15) is 18.0 Å². The average molecular weight is 399 g/mol. The van der Waals surface area contributed by atoms with Crippen LogP contribution in [0.25, 0.3) is 0 Å². The molecule has 1 aliphatic heterocycles. The highest BCUT2D eigenvalue weighted by atomic mass is 32.2. The fourth-order valence-corrected chi connectivity index (χ4v) is 3.57. The zero-order chi connectivity index (χ0) is 19.0. The second kappa shape index (κ2) is 6.97. The van der Waals surface area contributed by atoms with Crippen molar-refractivity contribution in [2.24, 2.45) is 0 Å². The predicted octanol–water partition coefficient (Wildman–Crippen LogP) is -2.60. The Hall–Kier alpha value is -1.58. The van der Waals surface area contributed by atoms with Crippen LogP contribution in [0.15, 0.2) is 17.1 Å². The van der Waals surface area contributed by atoms with Crippen molar-refractivity contribution in [2.45, 2.75) is 24.5 Å². The Morgan fingerprint density at radius 2 is 1.80 bits per heavy atom. The van der Waals surface area contributed by atoms with Crippen LogP contribution in [0.4, 0.5) is 5.82 Å². The minimum absolute atomic E-state index is 0.0810. The molecule has 0 spiro atoms. The van der Waals surface area contributed by atoms with Gasteiger partial charge in [-0.2, -0.15) is 21.8 Å². The first-order chi connectivity index (χ1) is 11.4. The van der Waals surface area contributed by atoms with E-state index in [-0.39, 0.29) is 5.82 Å². The SMILES string of the molecule is CS(=O)(=O)O[C@@H]1[C@H](OS(C)(=O)=O)[C@@H](CO)O[C@H]1n1ccc(N)nc1=O. The van der Waals surface area contributed by atoms with Gasteiger partial charge in [0.05, 0.1) is 19.1 Å². The maximum absolute atomic E-state index is 12.0. The highest BCUT2D eigenvalue weighted by Crippen LogP contribution is 2.34. The average Bonchev–Trinajstić information content (AvgIpc) is 2.73. The summed E-state index contributed by atoms with van der Waals surface area (Å²) in [5, 5.41) is 9.40. The molecule has 2 heterocycles. The standard InChI is InChI=1S/C11H17N3O9S2/c1-24(17,18)22-8-6(5-15)21-10(9(8)23-25(2,19)20)14-4-3-7(12)13-11(14)16/h3-4,6,8-10,15H,5H2,1-2H3,(H2,12,13,16)/t6-,8-,9-,10-/m1/s1. The van der Waals surface area contributed by atoms with Crippen LogP contribution >= 0.6 is 0 Å². The number of aliphatic hydroxyl groups excluding tert-OH is 1. The molecule has 14 heteroatoms. The molecule has 12 nitrogen and oxygen atoms in total. The monoisotopic (exact) mass is 399 g/mol. The van der Waals surface area contributed by atoms with E-state index in [9.17, 15) is 26.7 Å². The summed E-state index contributed by atoms with van der Waals surface area (Å²) in [5.74, 6) is -0.0810. The van der Waals surface area contributed by atoms with E-state index >= 15 is 0 Å². The van der Waals surface area contributed by atoms with Crippen molar-refractivity contribution in [1.29, 1.82) is 0 Å². The number of ether oxygens (including phenoxy) is 1. The van der Waals surface area contributed by atoms with E-state index in [1.165, 1.54) is 12.3 Å². The minimum atomic E-state index is -4.09. The van der Waals surface area contributed by atoms with Crippen LogP contribution in [0, 0.1) is 0 Å². The predicted molar refractivity (Wildman–Crippen MR) is 83.3 cm³/mol. The molecule has 0 bridgehead atoms. The quantitative estimate of drug-likeness (QED) is 0.479. The van der Waals surface area contributed by atoms with Gasteiger partial charge in [0.15, 0.2) is 12.3 Å². The summed E-state index contributed by atoms with van der Waals surface area (Å²) >= 11 is 0. The molecule has 0 amide bonds. The van der Waals surface area contributed by atoms with Crippen LogP contribution in [0.3, 0.4) is 0 Å². The van der Waals surface area contributed by atoms with Crippen LogP contribution in [-0.4, -0.2) is 68.9 Å². The van der Waals surface area contributed by atoms with Gasteiger partial charge in [0.2, 0.25) is 0 Å². The third-order valence-corrected chi connectivity index (χ3v) is 4.31. The first-order valence-electron chi connectivity index (χ1n) is 6.79. The minimum Gasteiger partial charge on any atom is -0.394 e. The summed E-state index contributed by atoms with van der Waals surface area (Å²) in [4.78, 5) is 15.5. The zero-order valence-corrected chi connectivity index (χ0v) is 14.8. The van der Waals surface area contributed by atoms with Gasteiger partial charge in [0.25, 0.3) is 20.2 Å². The van der Waals surface area contributed by atoms with E-state index in [0.29, 0.717) is 0 Å². The van der Waals surface area contributed by atoms with E-state index in [0.717, 1.165) is 17.1 Å². The van der Waals surface area contributed by atoms with Crippen LogP contribution in [0.5, 0.6) is 0 Å². The smallest absolute Gasteiger partial charge is 0.351 e.